The van der Waals surface area contributed by atoms with Crippen molar-refractivity contribution in [3.05, 3.63) is 29.6 Å². The van der Waals surface area contributed by atoms with E-state index in [1.165, 1.54) is 11.3 Å². The molecule has 0 aliphatic carbocycles. The summed E-state index contributed by atoms with van der Waals surface area (Å²) in [5.74, 6) is 0. The fourth-order valence-electron chi connectivity index (χ4n) is 1.11. The molecule has 2 heteroatoms. The lowest BCUT2D eigenvalue weighted by Crippen LogP contribution is -1.92. The molecule has 0 aromatic carbocycles. The molecule has 0 bridgehead atoms. The van der Waals surface area contributed by atoms with Crippen LogP contribution in [0, 0.1) is 0 Å². The van der Waals surface area contributed by atoms with Crippen LogP contribution in [0.25, 0.3) is 0 Å². The quantitative estimate of drug-likeness (QED) is 0.580. The molecule has 0 aliphatic heterocycles. The van der Waals surface area contributed by atoms with Gasteiger partial charge in [0.05, 0.1) is 0 Å². The highest BCUT2D eigenvalue weighted by Gasteiger charge is 1.95. The number of rotatable bonds is 2. The summed E-state index contributed by atoms with van der Waals surface area (Å²) in [5.41, 5.74) is 2.62. The Hall–Kier alpha value is -0.785. The highest BCUT2D eigenvalue weighted by Crippen LogP contribution is 2.05. The van der Waals surface area contributed by atoms with E-state index in [-0.39, 0.29) is 8.41 Å². The maximum atomic E-state index is 4.27. The summed E-state index contributed by atoms with van der Waals surface area (Å²) >= 11 is 0. The molecule has 1 aromatic heterocycles. The van der Waals surface area contributed by atoms with E-state index in [1.54, 1.807) is 0 Å². The summed E-state index contributed by atoms with van der Waals surface area (Å²) in [5, 5.41) is 0. The molecule has 0 aliphatic rings. The monoisotopic (exact) mass is 146 g/mol. The first-order valence-corrected chi connectivity index (χ1v) is 3.81. The Balaban J connectivity index is 0.000001000. The van der Waals surface area contributed by atoms with Gasteiger partial charge < -0.3 is 0 Å². The van der Waals surface area contributed by atoms with Crippen LogP contribution in [0.15, 0.2) is 18.3 Å². The zero-order valence-corrected chi connectivity index (χ0v) is 7.17. The number of nitrogens with zero attached hydrogens (tertiary/aromatic N) is 1. The molecule has 1 aromatic rings. The van der Waals surface area contributed by atoms with Crippen molar-refractivity contribution in [2.45, 2.75) is 26.7 Å². The van der Waals surface area contributed by atoms with Crippen LogP contribution >= 0.6 is 0 Å². The Morgan fingerprint density at radius 3 is 2.45 bits per heavy atom. The third kappa shape index (κ3) is 2.37. The van der Waals surface area contributed by atoms with Gasteiger partial charge in [-0.2, -0.15) is 0 Å². The molecule has 0 fully saturated rings. The van der Waals surface area contributed by atoms with Crippen LogP contribution in [0.2, 0.25) is 0 Å². The predicted molar refractivity (Wildman–Crippen MR) is 48.7 cm³/mol. The van der Waals surface area contributed by atoms with Crippen LogP contribution in [-0.4, -0.2) is 13.4 Å². The van der Waals surface area contributed by atoms with Gasteiger partial charge in [-0.25, -0.2) is 0 Å². The first kappa shape index (κ1) is 10.2. The summed E-state index contributed by atoms with van der Waals surface area (Å²) in [6.07, 6.45) is 4.00. The number of pyridine rings is 1. The first-order chi connectivity index (χ1) is 4.88. The molecule has 11 heavy (non-hydrogen) atoms. The van der Waals surface area contributed by atoms with E-state index in [4.69, 9.17) is 0 Å². The van der Waals surface area contributed by atoms with Crippen LogP contribution in [0.3, 0.4) is 0 Å². The SMILES string of the molecule is CCc1cccnc1CC.[B]. The molecule has 1 heterocycles. The maximum absolute atomic E-state index is 4.27. The molecule has 1 rings (SSSR count). The fraction of sp³-hybridized carbons (Fsp3) is 0.444. The van der Waals surface area contributed by atoms with Crippen molar-refractivity contribution >= 4 is 8.41 Å². The maximum Gasteiger partial charge on any atom is 0.0432 e. The van der Waals surface area contributed by atoms with E-state index < -0.39 is 0 Å². The highest BCUT2D eigenvalue weighted by atomic mass is 14.7. The smallest absolute Gasteiger partial charge is 0.0432 e. The van der Waals surface area contributed by atoms with E-state index in [9.17, 15) is 0 Å². The minimum Gasteiger partial charge on any atom is -0.261 e. The van der Waals surface area contributed by atoms with Gasteiger partial charge in [-0.1, -0.05) is 19.9 Å². The van der Waals surface area contributed by atoms with Gasteiger partial charge in [-0.3, -0.25) is 4.98 Å². The van der Waals surface area contributed by atoms with Crippen molar-refractivity contribution in [3.63, 3.8) is 0 Å². The zero-order valence-electron chi connectivity index (χ0n) is 7.17. The summed E-state index contributed by atoms with van der Waals surface area (Å²) in [4.78, 5) is 4.27. The Morgan fingerprint density at radius 1 is 1.27 bits per heavy atom. The van der Waals surface area contributed by atoms with Crippen LogP contribution in [0.1, 0.15) is 25.1 Å². The molecule has 0 spiro atoms. The number of aromatic nitrogens is 1. The summed E-state index contributed by atoms with van der Waals surface area (Å²) in [7, 11) is 0. The first-order valence-electron chi connectivity index (χ1n) is 3.81. The average Bonchev–Trinajstić information content (AvgIpc) is 2.04. The second-order valence-electron chi connectivity index (χ2n) is 2.32. The molecule has 0 N–H and O–H groups in total. The molecule has 0 atom stereocenters. The van der Waals surface area contributed by atoms with Gasteiger partial charge >= 0.3 is 0 Å². The van der Waals surface area contributed by atoms with Crippen LogP contribution in [-0.2, 0) is 12.8 Å². The van der Waals surface area contributed by atoms with E-state index >= 15 is 0 Å². The second kappa shape index (κ2) is 4.94. The van der Waals surface area contributed by atoms with Crippen LogP contribution in [0.4, 0.5) is 0 Å². The fourth-order valence-corrected chi connectivity index (χ4v) is 1.11. The van der Waals surface area contributed by atoms with Gasteiger partial charge in [0.2, 0.25) is 0 Å². The van der Waals surface area contributed by atoms with Crippen LogP contribution < -0.4 is 0 Å². The third-order valence-corrected chi connectivity index (χ3v) is 1.70. The van der Waals surface area contributed by atoms with Crippen molar-refractivity contribution in [2.75, 3.05) is 0 Å². The van der Waals surface area contributed by atoms with E-state index in [1.807, 2.05) is 12.3 Å². The standard InChI is InChI=1S/C9H13N.B/c1-3-8-6-5-7-10-9(8)4-2;/h5-7H,3-4H2,1-2H3;. The minimum absolute atomic E-state index is 0. The molecule has 1 nitrogen and oxygen atoms in total. The molecule has 3 radical (unpaired) electrons. The lowest BCUT2D eigenvalue weighted by atomic mass is 10.1. The number of hydrogen-bond acceptors (Lipinski definition) is 1. The molecular formula is C9H13BN. The molecular weight excluding hydrogens is 133 g/mol. The van der Waals surface area contributed by atoms with Gasteiger partial charge in [0.1, 0.15) is 0 Å². The van der Waals surface area contributed by atoms with Crippen molar-refractivity contribution < 1.29 is 0 Å². The molecule has 0 unspecified atom stereocenters. The van der Waals surface area contributed by atoms with Gasteiger partial charge in [-0.05, 0) is 24.5 Å². The lowest BCUT2D eigenvalue weighted by Gasteiger charge is -2.01. The van der Waals surface area contributed by atoms with E-state index in [0.29, 0.717) is 0 Å². The minimum atomic E-state index is 0. The van der Waals surface area contributed by atoms with Gasteiger partial charge in [0.15, 0.2) is 0 Å². The predicted octanol–water partition coefficient (Wildman–Crippen LogP) is 1.83. The van der Waals surface area contributed by atoms with Crippen LogP contribution in [0.5, 0.6) is 0 Å². The molecule has 57 valence electrons. The Kier molecular flexibility index (Phi) is 4.59. The summed E-state index contributed by atoms with van der Waals surface area (Å²) < 4.78 is 0. The number of hydrogen-bond donors (Lipinski definition) is 0. The normalized spacial score (nSPS) is 8.91. The average molecular weight is 146 g/mol. The van der Waals surface area contributed by atoms with E-state index in [2.05, 4.69) is 24.9 Å². The topological polar surface area (TPSA) is 12.9 Å². The Bertz CT molecular complexity index is 187. The van der Waals surface area contributed by atoms with Crippen molar-refractivity contribution in [2.24, 2.45) is 0 Å². The Labute approximate surface area is 70.4 Å². The Morgan fingerprint density at radius 2 is 2.00 bits per heavy atom. The van der Waals surface area contributed by atoms with Crippen molar-refractivity contribution in [1.29, 1.82) is 0 Å². The van der Waals surface area contributed by atoms with E-state index in [0.717, 1.165) is 12.8 Å². The summed E-state index contributed by atoms with van der Waals surface area (Å²) in [6.45, 7) is 4.30. The third-order valence-electron chi connectivity index (χ3n) is 1.70. The largest absolute Gasteiger partial charge is 0.261 e. The molecule has 0 saturated carbocycles. The van der Waals surface area contributed by atoms with Gasteiger partial charge in [0, 0.05) is 20.3 Å². The molecule has 0 saturated heterocycles. The second-order valence-corrected chi connectivity index (χ2v) is 2.32. The van der Waals surface area contributed by atoms with Crippen molar-refractivity contribution in [1.82, 2.24) is 4.98 Å². The number of aryl methyl sites for hydroxylation is 2. The summed E-state index contributed by atoms with van der Waals surface area (Å²) in [6, 6.07) is 4.14. The van der Waals surface area contributed by atoms with Gasteiger partial charge in [0.25, 0.3) is 0 Å². The van der Waals surface area contributed by atoms with Gasteiger partial charge in [-0.15, -0.1) is 0 Å². The lowest BCUT2D eigenvalue weighted by molar-refractivity contribution is 0.964. The zero-order chi connectivity index (χ0) is 7.40. The molecule has 0 amide bonds. The van der Waals surface area contributed by atoms with Crippen molar-refractivity contribution in [3.8, 4) is 0 Å². The highest BCUT2D eigenvalue weighted by molar-refractivity contribution is 5.75.